The summed E-state index contributed by atoms with van der Waals surface area (Å²) in [5.41, 5.74) is 1.86. The van der Waals surface area contributed by atoms with Crippen LogP contribution in [0.2, 0.25) is 0 Å². The SMILES string of the molecule is CCN(CC)CCOC(=O)c1ccc(NC(=O)CCN2C(=O)/C(=C\c3cccc(Br)c3)SC2=S)cc1. The van der Waals surface area contributed by atoms with E-state index >= 15 is 0 Å². The van der Waals surface area contributed by atoms with Gasteiger partial charge in [-0.15, -0.1) is 0 Å². The van der Waals surface area contributed by atoms with Crippen molar-refractivity contribution in [2.75, 3.05) is 38.1 Å². The minimum absolute atomic E-state index is 0.0890. The fourth-order valence-electron chi connectivity index (χ4n) is 3.46. The summed E-state index contributed by atoms with van der Waals surface area (Å²) >= 11 is 10.0. The molecule has 1 aliphatic rings. The Kier molecular flexibility index (Phi) is 10.7. The Morgan fingerprint density at radius 2 is 1.89 bits per heavy atom. The second kappa shape index (κ2) is 13.7. The molecule has 0 radical (unpaired) electrons. The van der Waals surface area contributed by atoms with E-state index in [1.165, 1.54) is 16.7 Å². The Balaban J connectivity index is 1.48. The molecule has 2 aromatic rings. The van der Waals surface area contributed by atoms with Gasteiger partial charge in [0, 0.05) is 29.7 Å². The summed E-state index contributed by atoms with van der Waals surface area (Å²) in [5, 5.41) is 2.79. The quantitative estimate of drug-likeness (QED) is 0.220. The average molecular weight is 591 g/mol. The third-order valence-electron chi connectivity index (χ3n) is 5.52. The number of ether oxygens (including phenoxy) is 1. The average Bonchev–Trinajstić information content (AvgIpc) is 3.12. The molecule has 0 aliphatic carbocycles. The summed E-state index contributed by atoms with van der Waals surface area (Å²) in [7, 11) is 0. The van der Waals surface area contributed by atoms with Crippen molar-refractivity contribution < 1.29 is 19.1 Å². The molecule has 3 rings (SSSR count). The zero-order chi connectivity index (χ0) is 26.1. The highest BCUT2D eigenvalue weighted by Gasteiger charge is 2.32. The second-order valence-electron chi connectivity index (χ2n) is 7.93. The Morgan fingerprint density at radius 1 is 1.17 bits per heavy atom. The summed E-state index contributed by atoms with van der Waals surface area (Å²) < 4.78 is 6.67. The number of hydrogen-bond acceptors (Lipinski definition) is 7. The number of carbonyl (C=O) groups excluding carboxylic acids is 3. The smallest absolute Gasteiger partial charge is 0.338 e. The van der Waals surface area contributed by atoms with Crippen molar-refractivity contribution in [2.24, 2.45) is 0 Å². The molecule has 1 N–H and O–H groups in total. The molecule has 190 valence electrons. The molecule has 2 aromatic carbocycles. The first-order valence-electron chi connectivity index (χ1n) is 11.6. The molecular weight excluding hydrogens is 562 g/mol. The van der Waals surface area contributed by atoms with Gasteiger partial charge in [0.15, 0.2) is 0 Å². The van der Waals surface area contributed by atoms with E-state index in [9.17, 15) is 14.4 Å². The lowest BCUT2D eigenvalue weighted by Crippen LogP contribution is -2.31. The molecule has 36 heavy (non-hydrogen) atoms. The Morgan fingerprint density at radius 3 is 2.56 bits per heavy atom. The molecule has 1 saturated heterocycles. The minimum Gasteiger partial charge on any atom is -0.461 e. The van der Waals surface area contributed by atoms with E-state index < -0.39 is 5.97 Å². The molecule has 0 spiro atoms. The number of nitrogens with zero attached hydrogens (tertiary/aromatic N) is 2. The first-order valence-corrected chi connectivity index (χ1v) is 13.6. The van der Waals surface area contributed by atoms with Crippen LogP contribution in [0.4, 0.5) is 5.69 Å². The number of thiocarbonyl (C=S) groups is 1. The Bertz CT molecular complexity index is 1150. The number of nitrogens with one attached hydrogen (secondary N) is 1. The zero-order valence-electron chi connectivity index (χ0n) is 20.2. The standard InChI is InChI=1S/C26H28BrN3O4S2/c1-3-29(4-2)14-15-34-25(33)19-8-10-21(11-9-19)28-23(31)12-13-30-24(32)22(36-26(30)35)17-18-6-5-7-20(27)16-18/h5-11,16-17H,3-4,12-15H2,1-2H3,(H,28,31)/b22-17+. The number of rotatable bonds is 11. The minimum atomic E-state index is -0.398. The van der Waals surface area contributed by atoms with Crippen LogP contribution >= 0.6 is 39.9 Å². The monoisotopic (exact) mass is 589 g/mol. The molecule has 10 heteroatoms. The first-order chi connectivity index (χ1) is 17.3. The fourth-order valence-corrected chi connectivity index (χ4v) is 5.18. The van der Waals surface area contributed by atoms with Crippen LogP contribution in [-0.4, -0.2) is 64.7 Å². The molecule has 0 saturated carbocycles. The van der Waals surface area contributed by atoms with E-state index in [1.807, 2.05) is 24.3 Å². The highest BCUT2D eigenvalue weighted by Crippen LogP contribution is 2.33. The maximum Gasteiger partial charge on any atom is 0.338 e. The van der Waals surface area contributed by atoms with Gasteiger partial charge in [0.1, 0.15) is 10.9 Å². The van der Waals surface area contributed by atoms with Gasteiger partial charge in [-0.2, -0.15) is 0 Å². The molecule has 2 amide bonds. The van der Waals surface area contributed by atoms with Crippen molar-refractivity contribution in [3.63, 3.8) is 0 Å². The third-order valence-corrected chi connectivity index (χ3v) is 7.39. The number of likely N-dealkylation sites (N-methyl/N-ethyl adjacent to an activating group) is 1. The third kappa shape index (κ3) is 7.99. The Labute approximate surface area is 229 Å². The number of halogens is 1. The maximum atomic E-state index is 12.8. The Hall–Kier alpha value is -2.53. The number of esters is 1. The van der Waals surface area contributed by atoms with Crippen LogP contribution < -0.4 is 5.32 Å². The predicted octanol–water partition coefficient (Wildman–Crippen LogP) is 5.18. The van der Waals surface area contributed by atoms with Gasteiger partial charge >= 0.3 is 5.97 Å². The number of carbonyl (C=O) groups is 3. The lowest BCUT2D eigenvalue weighted by molar-refractivity contribution is -0.122. The van der Waals surface area contributed by atoms with Gasteiger partial charge in [0.05, 0.1) is 10.5 Å². The molecule has 0 bridgehead atoms. The molecular formula is C26H28BrN3O4S2. The largest absolute Gasteiger partial charge is 0.461 e. The topological polar surface area (TPSA) is 79.0 Å². The van der Waals surface area contributed by atoms with E-state index in [0.717, 1.165) is 23.1 Å². The van der Waals surface area contributed by atoms with Gasteiger partial charge in [-0.3, -0.25) is 14.5 Å². The van der Waals surface area contributed by atoms with Gasteiger partial charge < -0.3 is 15.0 Å². The molecule has 0 atom stereocenters. The van der Waals surface area contributed by atoms with Crippen LogP contribution in [0.25, 0.3) is 6.08 Å². The van der Waals surface area contributed by atoms with Crippen LogP contribution in [0.15, 0.2) is 57.9 Å². The number of benzene rings is 2. The van der Waals surface area contributed by atoms with Crippen molar-refractivity contribution >= 4 is 73.8 Å². The molecule has 0 unspecified atom stereocenters. The summed E-state index contributed by atoms with van der Waals surface area (Å²) in [5.74, 6) is -0.860. The number of thioether (sulfide) groups is 1. The number of anilines is 1. The summed E-state index contributed by atoms with van der Waals surface area (Å²) in [4.78, 5) is 41.6. The van der Waals surface area contributed by atoms with Crippen LogP contribution in [0, 0.1) is 0 Å². The molecule has 7 nitrogen and oxygen atoms in total. The van der Waals surface area contributed by atoms with Gasteiger partial charge in [0.25, 0.3) is 5.91 Å². The lowest BCUT2D eigenvalue weighted by Gasteiger charge is -2.17. The van der Waals surface area contributed by atoms with Crippen molar-refractivity contribution in [3.8, 4) is 0 Å². The van der Waals surface area contributed by atoms with Crippen LogP contribution in [0.3, 0.4) is 0 Å². The zero-order valence-corrected chi connectivity index (χ0v) is 23.4. The van der Waals surface area contributed by atoms with E-state index in [2.05, 4.69) is 40.0 Å². The van der Waals surface area contributed by atoms with Gasteiger partial charge in [-0.1, -0.05) is 65.9 Å². The lowest BCUT2D eigenvalue weighted by atomic mass is 10.2. The fraction of sp³-hybridized carbons (Fsp3) is 0.308. The van der Waals surface area contributed by atoms with E-state index in [4.69, 9.17) is 17.0 Å². The highest BCUT2D eigenvalue weighted by molar-refractivity contribution is 9.10. The first kappa shape index (κ1) is 28.0. The van der Waals surface area contributed by atoms with Gasteiger partial charge in [-0.05, 0) is 61.1 Å². The van der Waals surface area contributed by atoms with Crippen LogP contribution in [0.5, 0.6) is 0 Å². The van der Waals surface area contributed by atoms with E-state index in [-0.39, 0.29) is 24.8 Å². The summed E-state index contributed by atoms with van der Waals surface area (Å²) in [6.45, 7) is 7.14. The van der Waals surface area contributed by atoms with Crippen molar-refractivity contribution in [1.29, 1.82) is 0 Å². The molecule has 0 aromatic heterocycles. The maximum absolute atomic E-state index is 12.8. The van der Waals surface area contributed by atoms with Crippen molar-refractivity contribution in [3.05, 3.63) is 69.0 Å². The molecule has 1 aliphatic heterocycles. The molecule has 1 heterocycles. The number of amides is 2. The highest BCUT2D eigenvalue weighted by atomic mass is 79.9. The van der Waals surface area contributed by atoms with Gasteiger partial charge in [-0.25, -0.2) is 4.79 Å². The summed E-state index contributed by atoms with van der Waals surface area (Å²) in [6.07, 6.45) is 1.88. The second-order valence-corrected chi connectivity index (χ2v) is 10.5. The van der Waals surface area contributed by atoms with Crippen LogP contribution in [-0.2, 0) is 14.3 Å². The van der Waals surface area contributed by atoms with E-state index in [1.54, 1.807) is 30.3 Å². The predicted molar refractivity (Wildman–Crippen MR) is 152 cm³/mol. The normalized spacial score (nSPS) is 14.6. The number of hydrogen-bond donors (Lipinski definition) is 1. The van der Waals surface area contributed by atoms with E-state index in [0.29, 0.717) is 33.6 Å². The summed E-state index contributed by atoms with van der Waals surface area (Å²) in [6, 6.07) is 14.2. The van der Waals surface area contributed by atoms with Crippen LogP contribution in [0.1, 0.15) is 36.2 Å². The molecule has 1 fully saturated rings. The van der Waals surface area contributed by atoms with Gasteiger partial charge in [0.2, 0.25) is 5.91 Å². The van der Waals surface area contributed by atoms with Crippen molar-refractivity contribution in [2.45, 2.75) is 20.3 Å². The van der Waals surface area contributed by atoms with Crippen molar-refractivity contribution in [1.82, 2.24) is 9.80 Å².